The number of aryl methyl sites for hydroxylation is 1. The van der Waals surface area contributed by atoms with Gasteiger partial charge in [-0.15, -0.1) is 10.2 Å². The Labute approximate surface area is 119 Å². The summed E-state index contributed by atoms with van der Waals surface area (Å²) in [6.45, 7) is 1.69. The first kappa shape index (κ1) is 13.4. The molecular formula is C10H6BrClFN3OS. The van der Waals surface area contributed by atoms with E-state index >= 15 is 0 Å². The Bertz CT molecular complexity index is 619. The van der Waals surface area contributed by atoms with E-state index in [1.165, 1.54) is 12.1 Å². The molecular weight excluding hydrogens is 345 g/mol. The maximum absolute atomic E-state index is 13.2. The standard InChI is InChI=1S/C10H6BrClFN3OS/c1-4-2-6(13)5(11)3-7(4)14-8(17)9-15-16-10(12)18-9/h2-3H,1H3,(H,14,17). The van der Waals surface area contributed by atoms with Gasteiger partial charge in [0.15, 0.2) is 0 Å². The van der Waals surface area contributed by atoms with E-state index in [1.807, 2.05) is 0 Å². The van der Waals surface area contributed by atoms with Crippen LogP contribution in [-0.2, 0) is 0 Å². The summed E-state index contributed by atoms with van der Waals surface area (Å²) in [5.74, 6) is -0.814. The van der Waals surface area contributed by atoms with Gasteiger partial charge in [-0.2, -0.15) is 0 Å². The third-order valence-corrected chi connectivity index (χ3v) is 3.74. The van der Waals surface area contributed by atoms with Crippen LogP contribution in [0.5, 0.6) is 0 Å². The van der Waals surface area contributed by atoms with Gasteiger partial charge in [-0.1, -0.05) is 11.3 Å². The van der Waals surface area contributed by atoms with Crippen LogP contribution in [0.15, 0.2) is 16.6 Å². The van der Waals surface area contributed by atoms with E-state index < -0.39 is 5.91 Å². The molecule has 0 aliphatic rings. The summed E-state index contributed by atoms with van der Waals surface area (Å²) < 4.78 is 13.7. The lowest BCUT2D eigenvalue weighted by atomic mass is 10.2. The highest BCUT2D eigenvalue weighted by atomic mass is 79.9. The van der Waals surface area contributed by atoms with Crippen LogP contribution in [0.4, 0.5) is 10.1 Å². The summed E-state index contributed by atoms with van der Waals surface area (Å²) >= 11 is 9.62. The van der Waals surface area contributed by atoms with E-state index in [9.17, 15) is 9.18 Å². The minimum atomic E-state index is -0.430. The zero-order valence-electron chi connectivity index (χ0n) is 9.00. The summed E-state index contributed by atoms with van der Waals surface area (Å²) in [5.41, 5.74) is 1.11. The van der Waals surface area contributed by atoms with Gasteiger partial charge >= 0.3 is 0 Å². The van der Waals surface area contributed by atoms with Gasteiger partial charge in [-0.25, -0.2) is 4.39 Å². The van der Waals surface area contributed by atoms with Crippen molar-refractivity contribution in [1.82, 2.24) is 10.2 Å². The van der Waals surface area contributed by atoms with Gasteiger partial charge in [-0.3, -0.25) is 4.79 Å². The Morgan fingerprint density at radius 1 is 1.50 bits per heavy atom. The predicted molar refractivity (Wildman–Crippen MR) is 71.7 cm³/mol. The second-order valence-electron chi connectivity index (χ2n) is 3.40. The molecule has 1 N–H and O–H groups in total. The third-order valence-electron chi connectivity index (χ3n) is 2.11. The van der Waals surface area contributed by atoms with E-state index in [0.29, 0.717) is 11.3 Å². The summed E-state index contributed by atoms with van der Waals surface area (Å²) in [5, 5.41) is 9.93. The molecule has 0 atom stereocenters. The van der Waals surface area contributed by atoms with Gasteiger partial charge in [0.2, 0.25) is 9.47 Å². The number of anilines is 1. The first-order valence-corrected chi connectivity index (χ1v) is 6.72. The molecule has 0 fully saturated rings. The Kier molecular flexibility index (Phi) is 3.94. The van der Waals surface area contributed by atoms with E-state index in [0.717, 1.165) is 11.3 Å². The van der Waals surface area contributed by atoms with Gasteiger partial charge in [0.25, 0.3) is 5.91 Å². The number of carbonyl (C=O) groups is 1. The van der Waals surface area contributed by atoms with Gasteiger partial charge in [0, 0.05) is 5.69 Å². The monoisotopic (exact) mass is 349 g/mol. The molecule has 94 valence electrons. The lowest BCUT2D eigenvalue weighted by molar-refractivity contribution is 0.102. The Morgan fingerprint density at radius 3 is 2.83 bits per heavy atom. The molecule has 0 aliphatic carbocycles. The molecule has 0 aliphatic heterocycles. The number of rotatable bonds is 2. The molecule has 0 radical (unpaired) electrons. The van der Waals surface area contributed by atoms with Crippen LogP contribution in [0.2, 0.25) is 4.47 Å². The number of aromatic nitrogens is 2. The van der Waals surface area contributed by atoms with Crippen molar-refractivity contribution in [3.8, 4) is 0 Å². The minimum Gasteiger partial charge on any atom is -0.320 e. The summed E-state index contributed by atoms with van der Waals surface area (Å²) in [7, 11) is 0. The van der Waals surface area contributed by atoms with Gasteiger partial charge < -0.3 is 5.32 Å². The average Bonchev–Trinajstić information content (AvgIpc) is 2.73. The topological polar surface area (TPSA) is 54.9 Å². The largest absolute Gasteiger partial charge is 0.320 e. The van der Waals surface area contributed by atoms with E-state index in [1.54, 1.807) is 6.92 Å². The fourth-order valence-electron chi connectivity index (χ4n) is 1.25. The molecule has 1 amide bonds. The van der Waals surface area contributed by atoms with Crippen LogP contribution in [0.1, 0.15) is 15.4 Å². The highest BCUT2D eigenvalue weighted by Gasteiger charge is 2.14. The molecule has 8 heteroatoms. The first-order valence-electron chi connectivity index (χ1n) is 4.73. The summed E-state index contributed by atoms with van der Waals surface area (Å²) in [4.78, 5) is 11.8. The molecule has 0 bridgehead atoms. The molecule has 0 saturated heterocycles. The molecule has 0 unspecified atom stereocenters. The van der Waals surface area contributed by atoms with Crippen LogP contribution in [0, 0.1) is 12.7 Å². The van der Waals surface area contributed by atoms with Crippen molar-refractivity contribution in [3.63, 3.8) is 0 Å². The van der Waals surface area contributed by atoms with Crippen molar-refractivity contribution in [3.05, 3.63) is 37.5 Å². The van der Waals surface area contributed by atoms with Crippen LogP contribution in [0.25, 0.3) is 0 Å². The maximum atomic E-state index is 13.2. The smallest absolute Gasteiger partial charge is 0.286 e. The van der Waals surface area contributed by atoms with Crippen molar-refractivity contribution in [1.29, 1.82) is 0 Å². The molecule has 1 heterocycles. The number of carbonyl (C=O) groups excluding carboxylic acids is 1. The zero-order valence-corrected chi connectivity index (χ0v) is 12.2. The van der Waals surface area contributed by atoms with Crippen molar-refractivity contribution in [2.24, 2.45) is 0 Å². The van der Waals surface area contributed by atoms with Gasteiger partial charge in [0.1, 0.15) is 5.82 Å². The fraction of sp³-hybridized carbons (Fsp3) is 0.100. The number of amides is 1. The first-order chi connectivity index (χ1) is 8.47. The molecule has 1 aromatic carbocycles. The molecule has 0 saturated carbocycles. The van der Waals surface area contributed by atoms with E-state index in [4.69, 9.17) is 11.6 Å². The third kappa shape index (κ3) is 2.85. The SMILES string of the molecule is Cc1cc(F)c(Br)cc1NC(=O)c1nnc(Cl)s1. The molecule has 4 nitrogen and oxygen atoms in total. The molecule has 2 rings (SSSR count). The van der Waals surface area contributed by atoms with E-state index in [2.05, 4.69) is 31.4 Å². The van der Waals surface area contributed by atoms with Crippen molar-refractivity contribution in [2.45, 2.75) is 6.92 Å². The van der Waals surface area contributed by atoms with Crippen molar-refractivity contribution < 1.29 is 9.18 Å². The highest BCUT2D eigenvalue weighted by Crippen LogP contribution is 2.25. The number of hydrogen-bond acceptors (Lipinski definition) is 4. The quantitative estimate of drug-likeness (QED) is 0.899. The van der Waals surface area contributed by atoms with Crippen LogP contribution in [-0.4, -0.2) is 16.1 Å². The van der Waals surface area contributed by atoms with E-state index in [-0.39, 0.29) is 19.8 Å². The fourth-order valence-corrected chi connectivity index (χ4v) is 2.32. The van der Waals surface area contributed by atoms with Gasteiger partial charge in [-0.05, 0) is 52.2 Å². The Hall–Kier alpha value is -1.05. The second kappa shape index (κ2) is 5.29. The molecule has 0 spiro atoms. The number of benzene rings is 1. The second-order valence-corrected chi connectivity index (χ2v) is 5.81. The molecule has 1 aromatic heterocycles. The number of hydrogen-bond donors (Lipinski definition) is 1. The normalized spacial score (nSPS) is 10.4. The van der Waals surface area contributed by atoms with Crippen LogP contribution >= 0.6 is 38.9 Å². The van der Waals surface area contributed by atoms with Crippen LogP contribution < -0.4 is 5.32 Å². The predicted octanol–water partition coefficient (Wildman–Crippen LogP) is 3.65. The van der Waals surface area contributed by atoms with Crippen molar-refractivity contribution >= 4 is 50.5 Å². The minimum absolute atomic E-state index is 0.153. The van der Waals surface area contributed by atoms with Crippen molar-refractivity contribution in [2.75, 3.05) is 5.32 Å². The number of nitrogens with zero attached hydrogens (tertiary/aromatic N) is 2. The van der Waals surface area contributed by atoms with Crippen LogP contribution in [0.3, 0.4) is 0 Å². The maximum Gasteiger partial charge on any atom is 0.286 e. The summed E-state index contributed by atoms with van der Waals surface area (Å²) in [6.07, 6.45) is 0. The summed E-state index contributed by atoms with van der Waals surface area (Å²) in [6, 6.07) is 2.82. The molecule has 2 aromatic rings. The molecule has 18 heavy (non-hydrogen) atoms. The average molecular weight is 351 g/mol. The van der Waals surface area contributed by atoms with Gasteiger partial charge in [0.05, 0.1) is 4.47 Å². The highest BCUT2D eigenvalue weighted by molar-refractivity contribution is 9.10. The Balaban J connectivity index is 2.24. The number of halogens is 3. The Morgan fingerprint density at radius 2 is 2.22 bits per heavy atom. The lowest BCUT2D eigenvalue weighted by Crippen LogP contribution is -2.12. The lowest BCUT2D eigenvalue weighted by Gasteiger charge is -2.07. The number of nitrogens with one attached hydrogen (secondary N) is 1. The zero-order chi connectivity index (χ0) is 13.3.